The molecule has 0 aliphatic heterocycles. The molecule has 1 aromatic rings. The molecular weight excluding hydrogens is 266 g/mol. The predicted molar refractivity (Wildman–Crippen MR) is 86.6 cm³/mol. The molecule has 0 aromatic heterocycles. The van der Waals surface area contributed by atoms with Crippen molar-refractivity contribution in [1.82, 2.24) is 0 Å². The van der Waals surface area contributed by atoms with Gasteiger partial charge in [0.1, 0.15) is 5.75 Å². The maximum atomic E-state index is 8.22. The summed E-state index contributed by atoms with van der Waals surface area (Å²) in [7, 11) is -1.75. The van der Waals surface area contributed by atoms with E-state index in [9.17, 15) is 0 Å². The van der Waals surface area contributed by atoms with Crippen molar-refractivity contribution in [2.75, 3.05) is 6.54 Å². The van der Waals surface area contributed by atoms with Crippen molar-refractivity contribution in [3.8, 4) is 5.75 Å². The SMILES string of the molecule is CC(C)(C)[Si](C)(C)Oc1ccc(CCCN=[N+]=[N-])cc1. The number of hydrogen-bond donors (Lipinski definition) is 0. The second kappa shape index (κ2) is 6.82. The Morgan fingerprint density at radius 2 is 1.80 bits per heavy atom. The predicted octanol–water partition coefficient (Wildman–Crippen LogP) is 5.31. The van der Waals surface area contributed by atoms with Crippen LogP contribution >= 0.6 is 0 Å². The van der Waals surface area contributed by atoms with Crippen LogP contribution in [0.1, 0.15) is 32.8 Å². The largest absolute Gasteiger partial charge is 0.544 e. The lowest BCUT2D eigenvalue weighted by Gasteiger charge is -2.36. The zero-order valence-corrected chi connectivity index (χ0v) is 14.2. The van der Waals surface area contributed by atoms with Gasteiger partial charge in [-0.3, -0.25) is 0 Å². The summed E-state index contributed by atoms with van der Waals surface area (Å²) in [4.78, 5) is 2.75. The minimum absolute atomic E-state index is 0.209. The molecule has 0 bridgehead atoms. The fraction of sp³-hybridized carbons (Fsp3) is 0.600. The zero-order valence-electron chi connectivity index (χ0n) is 13.2. The van der Waals surface area contributed by atoms with Gasteiger partial charge in [-0.1, -0.05) is 38.0 Å². The molecule has 0 unspecified atom stereocenters. The summed E-state index contributed by atoms with van der Waals surface area (Å²) in [5.41, 5.74) is 9.47. The first-order valence-electron chi connectivity index (χ1n) is 7.05. The Morgan fingerprint density at radius 1 is 1.20 bits per heavy atom. The molecule has 0 atom stereocenters. The molecule has 110 valence electrons. The van der Waals surface area contributed by atoms with Gasteiger partial charge in [-0.25, -0.2) is 0 Å². The summed E-state index contributed by atoms with van der Waals surface area (Å²) in [6.45, 7) is 11.8. The topological polar surface area (TPSA) is 58.0 Å². The molecule has 0 aliphatic carbocycles. The Balaban J connectivity index is 2.61. The van der Waals surface area contributed by atoms with Crippen molar-refractivity contribution >= 4 is 8.32 Å². The van der Waals surface area contributed by atoms with Crippen molar-refractivity contribution < 1.29 is 4.43 Å². The van der Waals surface area contributed by atoms with Gasteiger partial charge < -0.3 is 4.43 Å². The fourth-order valence-corrected chi connectivity index (χ4v) is 2.60. The number of rotatable bonds is 6. The summed E-state index contributed by atoms with van der Waals surface area (Å²) in [5, 5.41) is 3.75. The number of benzene rings is 1. The Kier molecular flexibility index (Phi) is 5.66. The Labute approximate surface area is 122 Å². The second-order valence-corrected chi connectivity index (χ2v) is 11.3. The van der Waals surface area contributed by atoms with E-state index in [4.69, 9.17) is 9.96 Å². The molecule has 0 N–H and O–H groups in total. The third-order valence-corrected chi connectivity index (χ3v) is 8.25. The van der Waals surface area contributed by atoms with E-state index >= 15 is 0 Å². The summed E-state index contributed by atoms with van der Waals surface area (Å²) in [5.74, 6) is 0.954. The molecule has 0 amide bonds. The molecular formula is C15H25N3OSi. The van der Waals surface area contributed by atoms with Crippen LogP contribution in [-0.4, -0.2) is 14.9 Å². The highest BCUT2D eigenvalue weighted by Gasteiger charge is 2.38. The number of hydrogen-bond acceptors (Lipinski definition) is 2. The monoisotopic (exact) mass is 291 g/mol. The first kappa shape index (κ1) is 16.6. The van der Waals surface area contributed by atoms with Gasteiger partial charge in [0.05, 0.1) is 0 Å². The summed E-state index contributed by atoms with van der Waals surface area (Å²) in [6.07, 6.45) is 1.81. The van der Waals surface area contributed by atoms with Crippen LogP contribution in [0.5, 0.6) is 5.75 Å². The van der Waals surface area contributed by atoms with Crippen LogP contribution in [-0.2, 0) is 6.42 Å². The standard InChI is InChI=1S/C15H25N3OSi/c1-15(2,3)20(4,5)19-14-10-8-13(9-11-14)7-6-12-17-18-16/h8-11H,6-7,12H2,1-5H3. The first-order valence-corrected chi connectivity index (χ1v) is 9.96. The van der Waals surface area contributed by atoms with Gasteiger partial charge in [-0.2, -0.15) is 0 Å². The van der Waals surface area contributed by atoms with Crippen molar-refractivity contribution in [3.63, 3.8) is 0 Å². The van der Waals surface area contributed by atoms with Crippen LogP contribution in [0.2, 0.25) is 18.1 Å². The molecule has 0 fully saturated rings. The lowest BCUT2D eigenvalue weighted by Crippen LogP contribution is -2.43. The fourth-order valence-electron chi connectivity index (χ4n) is 1.57. The van der Waals surface area contributed by atoms with E-state index in [-0.39, 0.29) is 5.04 Å². The third-order valence-electron chi connectivity index (χ3n) is 3.89. The van der Waals surface area contributed by atoms with E-state index in [0.29, 0.717) is 6.54 Å². The number of azide groups is 1. The van der Waals surface area contributed by atoms with Gasteiger partial charge in [-0.05, 0) is 54.2 Å². The third kappa shape index (κ3) is 4.91. The van der Waals surface area contributed by atoms with E-state index < -0.39 is 8.32 Å². The van der Waals surface area contributed by atoms with Crippen LogP contribution in [0.3, 0.4) is 0 Å². The molecule has 0 saturated carbocycles. The van der Waals surface area contributed by atoms with Crippen molar-refractivity contribution in [2.45, 2.75) is 51.7 Å². The van der Waals surface area contributed by atoms with Crippen LogP contribution in [0.4, 0.5) is 0 Å². The lowest BCUT2D eigenvalue weighted by molar-refractivity contribution is 0.492. The normalized spacial score (nSPS) is 11.8. The quantitative estimate of drug-likeness (QED) is 0.230. The second-order valence-electron chi connectivity index (χ2n) is 6.56. The lowest BCUT2D eigenvalue weighted by atomic mass is 10.1. The van der Waals surface area contributed by atoms with Gasteiger partial charge in [0.15, 0.2) is 0 Å². The minimum atomic E-state index is -1.75. The highest BCUT2D eigenvalue weighted by Crippen LogP contribution is 2.37. The van der Waals surface area contributed by atoms with Crippen molar-refractivity contribution in [2.24, 2.45) is 5.11 Å². The minimum Gasteiger partial charge on any atom is -0.544 e. The molecule has 0 radical (unpaired) electrons. The zero-order chi connectivity index (χ0) is 15.2. The molecule has 0 heterocycles. The summed E-state index contributed by atoms with van der Waals surface area (Å²) >= 11 is 0. The maximum Gasteiger partial charge on any atom is 0.250 e. The van der Waals surface area contributed by atoms with E-state index in [2.05, 4.69) is 56.0 Å². The van der Waals surface area contributed by atoms with Gasteiger partial charge in [0, 0.05) is 11.5 Å². The number of nitrogens with zero attached hydrogens (tertiary/aromatic N) is 3. The van der Waals surface area contributed by atoms with Gasteiger partial charge >= 0.3 is 0 Å². The first-order chi connectivity index (χ1) is 9.26. The summed E-state index contributed by atoms with van der Waals surface area (Å²) < 4.78 is 6.24. The number of aryl methyl sites for hydroxylation is 1. The molecule has 0 aliphatic rings. The van der Waals surface area contributed by atoms with Crippen LogP contribution in [0.15, 0.2) is 29.4 Å². The molecule has 0 spiro atoms. The van der Waals surface area contributed by atoms with Crippen LogP contribution in [0.25, 0.3) is 10.4 Å². The van der Waals surface area contributed by atoms with E-state index in [1.165, 1.54) is 5.56 Å². The van der Waals surface area contributed by atoms with E-state index in [0.717, 1.165) is 18.6 Å². The van der Waals surface area contributed by atoms with E-state index in [1.54, 1.807) is 0 Å². The van der Waals surface area contributed by atoms with Crippen LogP contribution in [0, 0.1) is 0 Å². The van der Waals surface area contributed by atoms with Crippen molar-refractivity contribution in [1.29, 1.82) is 0 Å². The Morgan fingerprint density at radius 3 is 2.30 bits per heavy atom. The van der Waals surface area contributed by atoms with Gasteiger partial charge in [0.25, 0.3) is 0 Å². The van der Waals surface area contributed by atoms with Gasteiger partial charge in [-0.15, -0.1) is 0 Å². The van der Waals surface area contributed by atoms with Gasteiger partial charge in [0.2, 0.25) is 8.32 Å². The molecule has 1 rings (SSSR count). The Hall–Kier alpha value is -1.45. The molecule has 20 heavy (non-hydrogen) atoms. The molecule has 0 saturated heterocycles. The summed E-state index contributed by atoms with van der Waals surface area (Å²) in [6, 6.07) is 8.28. The highest BCUT2D eigenvalue weighted by atomic mass is 28.4. The molecule has 5 heteroatoms. The van der Waals surface area contributed by atoms with Crippen molar-refractivity contribution in [3.05, 3.63) is 40.3 Å². The van der Waals surface area contributed by atoms with Crippen LogP contribution < -0.4 is 4.43 Å². The Bertz CT molecular complexity index is 471. The van der Waals surface area contributed by atoms with E-state index in [1.807, 2.05) is 12.1 Å². The molecule has 4 nitrogen and oxygen atoms in total. The average Bonchev–Trinajstić information content (AvgIpc) is 2.35. The maximum absolute atomic E-state index is 8.22. The molecule has 1 aromatic carbocycles. The highest BCUT2D eigenvalue weighted by molar-refractivity contribution is 6.74. The smallest absolute Gasteiger partial charge is 0.250 e. The average molecular weight is 291 g/mol.